The fourth-order valence-corrected chi connectivity index (χ4v) is 4.04. The molecule has 1 saturated heterocycles. The lowest BCUT2D eigenvalue weighted by Gasteiger charge is -2.24. The second kappa shape index (κ2) is 9.01. The van der Waals surface area contributed by atoms with Gasteiger partial charge in [-0.05, 0) is 49.6 Å². The van der Waals surface area contributed by atoms with Crippen molar-refractivity contribution in [2.45, 2.75) is 32.4 Å². The lowest BCUT2D eigenvalue weighted by Crippen LogP contribution is -2.45. The van der Waals surface area contributed by atoms with Gasteiger partial charge >= 0.3 is 0 Å². The van der Waals surface area contributed by atoms with E-state index in [0.717, 1.165) is 17.7 Å². The average Bonchev–Trinajstić information content (AvgIpc) is 3.49. The minimum atomic E-state index is -0.574. The van der Waals surface area contributed by atoms with Gasteiger partial charge < -0.3 is 10.2 Å². The molecule has 0 radical (unpaired) electrons. The van der Waals surface area contributed by atoms with E-state index < -0.39 is 11.0 Å². The molecule has 164 valence electrons. The summed E-state index contributed by atoms with van der Waals surface area (Å²) in [6.45, 7) is 2.38. The number of nitrogens with zero attached hydrogens (tertiary/aromatic N) is 4. The number of hydrogen-bond acceptors (Lipinski definition) is 5. The van der Waals surface area contributed by atoms with Crippen LogP contribution in [0.1, 0.15) is 34.3 Å². The Kier molecular flexibility index (Phi) is 5.98. The number of likely N-dealkylation sites (tertiary alicyclic amines) is 1. The zero-order valence-corrected chi connectivity index (χ0v) is 17.6. The van der Waals surface area contributed by atoms with Gasteiger partial charge in [-0.25, -0.2) is 4.68 Å². The zero-order valence-electron chi connectivity index (χ0n) is 17.6. The Hall–Kier alpha value is -4.01. The van der Waals surface area contributed by atoms with Crippen molar-refractivity contribution in [3.05, 3.63) is 87.7 Å². The van der Waals surface area contributed by atoms with Crippen molar-refractivity contribution >= 4 is 17.5 Å². The summed E-state index contributed by atoms with van der Waals surface area (Å²) in [6, 6.07) is 13.2. The second-order valence-corrected chi connectivity index (χ2v) is 7.71. The highest BCUT2D eigenvalue weighted by atomic mass is 16.6. The van der Waals surface area contributed by atoms with E-state index >= 15 is 0 Å². The molecule has 0 bridgehead atoms. The van der Waals surface area contributed by atoms with Gasteiger partial charge in [-0.2, -0.15) is 5.10 Å². The summed E-state index contributed by atoms with van der Waals surface area (Å²) in [7, 11) is 0. The Balaban J connectivity index is 1.46. The molecule has 1 aliphatic heterocycles. The maximum absolute atomic E-state index is 13.0. The third-order valence-electron chi connectivity index (χ3n) is 5.65. The average molecular weight is 433 g/mol. The van der Waals surface area contributed by atoms with Crippen molar-refractivity contribution in [3.8, 4) is 5.69 Å². The van der Waals surface area contributed by atoms with Gasteiger partial charge in [0, 0.05) is 42.7 Å². The number of aromatic nitrogens is 2. The van der Waals surface area contributed by atoms with Crippen LogP contribution in [-0.2, 0) is 11.3 Å². The lowest BCUT2D eigenvalue weighted by molar-refractivity contribution is -0.385. The highest BCUT2D eigenvalue weighted by Gasteiger charge is 2.34. The van der Waals surface area contributed by atoms with E-state index in [4.69, 9.17) is 0 Å². The fraction of sp³-hybridized carbons (Fsp3) is 0.261. The zero-order chi connectivity index (χ0) is 22.7. The maximum Gasteiger partial charge on any atom is 0.272 e. The number of rotatable bonds is 6. The Labute approximate surface area is 184 Å². The second-order valence-electron chi connectivity index (χ2n) is 7.71. The molecule has 0 spiro atoms. The molecule has 1 fully saturated rings. The topological polar surface area (TPSA) is 110 Å². The molecule has 1 unspecified atom stereocenters. The van der Waals surface area contributed by atoms with Gasteiger partial charge in [0.1, 0.15) is 6.04 Å². The van der Waals surface area contributed by atoms with Gasteiger partial charge in [-0.3, -0.25) is 19.7 Å². The van der Waals surface area contributed by atoms with Crippen LogP contribution in [0.5, 0.6) is 0 Å². The van der Waals surface area contributed by atoms with Crippen LogP contribution in [0.15, 0.2) is 60.9 Å². The summed E-state index contributed by atoms with van der Waals surface area (Å²) in [5.41, 5.74) is 2.51. The number of carbonyl (C=O) groups is 2. The standard InChI is InChI=1S/C23H23N5O4/c1-16-14-17(9-10-19(16)28(31)32)23(30)26-12-4-8-21(26)22(29)24-15-18-6-2-3-7-20(18)27-13-5-11-25-27/h2-3,5-7,9-11,13-14,21H,4,8,12,15H2,1H3,(H,24,29). The Morgan fingerprint density at radius 1 is 1.22 bits per heavy atom. The van der Waals surface area contributed by atoms with Crippen molar-refractivity contribution in [2.75, 3.05) is 6.54 Å². The smallest absolute Gasteiger partial charge is 0.272 e. The summed E-state index contributed by atoms with van der Waals surface area (Å²) in [5, 5.41) is 18.2. The minimum absolute atomic E-state index is 0.0342. The molecule has 1 N–H and O–H groups in total. The number of nitro benzene ring substituents is 1. The number of nitro groups is 1. The first-order valence-corrected chi connectivity index (χ1v) is 10.4. The summed E-state index contributed by atoms with van der Waals surface area (Å²) >= 11 is 0. The van der Waals surface area contributed by atoms with Crippen LogP contribution < -0.4 is 5.32 Å². The molecular weight excluding hydrogens is 410 g/mol. The van der Waals surface area contributed by atoms with Gasteiger partial charge in [0.25, 0.3) is 11.6 Å². The van der Waals surface area contributed by atoms with Crippen molar-refractivity contribution in [2.24, 2.45) is 0 Å². The summed E-state index contributed by atoms with van der Waals surface area (Å²) in [5.74, 6) is -0.512. The molecule has 0 saturated carbocycles. The predicted octanol–water partition coefficient (Wildman–Crippen LogP) is 3.01. The number of nitrogens with one attached hydrogen (secondary N) is 1. The van der Waals surface area contributed by atoms with Crippen LogP contribution in [-0.4, -0.2) is 44.0 Å². The molecule has 1 aliphatic rings. The largest absolute Gasteiger partial charge is 0.350 e. The molecule has 0 aliphatic carbocycles. The van der Waals surface area contributed by atoms with E-state index in [2.05, 4.69) is 10.4 Å². The van der Waals surface area contributed by atoms with Gasteiger partial charge in [0.2, 0.25) is 5.91 Å². The molecule has 2 aromatic carbocycles. The van der Waals surface area contributed by atoms with E-state index in [0.29, 0.717) is 30.6 Å². The first kappa shape index (κ1) is 21.2. The predicted molar refractivity (Wildman–Crippen MR) is 117 cm³/mol. The summed E-state index contributed by atoms with van der Waals surface area (Å²) < 4.78 is 1.74. The van der Waals surface area contributed by atoms with Crippen LogP contribution in [0.4, 0.5) is 5.69 Å². The summed E-state index contributed by atoms with van der Waals surface area (Å²) in [4.78, 5) is 38.1. The third-order valence-corrected chi connectivity index (χ3v) is 5.65. The molecule has 9 nitrogen and oxygen atoms in total. The first-order valence-electron chi connectivity index (χ1n) is 10.4. The maximum atomic E-state index is 13.0. The van der Waals surface area contributed by atoms with Gasteiger partial charge in [-0.15, -0.1) is 0 Å². The highest BCUT2D eigenvalue weighted by molar-refractivity contribution is 5.98. The Morgan fingerprint density at radius 3 is 2.75 bits per heavy atom. The number of hydrogen-bond donors (Lipinski definition) is 1. The molecule has 1 aromatic heterocycles. The number of para-hydroxylation sites is 1. The van der Waals surface area contributed by atoms with Gasteiger partial charge in [0.05, 0.1) is 10.6 Å². The third kappa shape index (κ3) is 4.22. The molecule has 1 atom stereocenters. The molecule has 3 aromatic rings. The lowest BCUT2D eigenvalue weighted by atomic mass is 10.1. The van der Waals surface area contributed by atoms with E-state index in [1.165, 1.54) is 18.2 Å². The van der Waals surface area contributed by atoms with Crippen molar-refractivity contribution < 1.29 is 14.5 Å². The molecule has 2 amide bonds. The van der Waals surface area contributed by atoms with Crippen molar-refractivity contribution in [3.63, 3.8) is 0 Å². The van der Waals surface area contributed by atoms with Gasteiger partial charge in [-0.1, -0.05) is 18.2 Å². The SMILES string of the molecule is Cc1cc(C(=O)N2CCCC2C(=O)NCc2ccccc2-n2cccn2)ccc1[N+](=O)[O-]. The molecule has 2 heterocycles. The van der Waals surface area contributed by atoms with Crippen LogP contribution >= 0.6 is 0 Å². The number of aryl methyl sites for hydroxylation is 1. The van der Waals surface area contributed by atoms with E-state index in [9.17, 15) is 19.7 Å². The Morgan fingerprint density at radius 2 is 2.03 bits per heavy atom. The number of carbonyl (C=O) groups excluding carboxylic acids is 2. The van der Waals surface area contributed by atoms with Crippen molar-refractivity contribution in [1.82, 2.24) is 20.0 Å². The highest BCUT2D eigenvalue weighted by Crippen LogP contribution is 2.24. The molecular formula is C23H23N5O4. The van der Waals surface area contributed by atoms with Crippen LogP contribution in [0.25, 0.3) is 5.69 Å². The quantitative estimate of drug-likeness (QED) is 0.475. The summed E-state index contributed by atoms with van der Waals surface area (Å²) in [6.07, 6.45) is 4.82. The van der Waals surface area contributed by atoms with Crippen molar-refractivity contribution in [1.29, 1.82) is 0 Å². The van der Waals surface area contributed by atoms with E-state index in [1.54, 1.807) is 22.7 Å². The van der Waals surface area contributed by atoms with Crippen LogP contribution in [0.3, 0.4) is 0 Å². The Bertz CT molecular complexity index is 1160. The van der Waals surface area contributed by atoms with Gasteiger partial charge in [0.15, 0.2) is 0 Å². The van der Waals surface area contributed by atoms with Crippen LogP contribution in [0.2, 0.25) is 0 Å². The molecule has 32 heavy (non-hydrogen) atoms. The van der Waals surface area contributed by atoms with Crippen LogP contribution in [0, 0.1) is 17.0 Å². The molecule has 4 rings (SSSR count). The first-order chi connectivity index (χ1) is 15.5. The fourth-order valence-electron chi connectivity index (χ4n) is 4.04. The van der Waals surface area contributed by atoms with E-state index in [-0.39, 0.29) is 17.5 Å². The normalized spacial score (nSPS) is 15.5. The molecule has 9 heteroatoms. The number of amides is 2. The monoisotopic (exact) mass is 433 g/mol. The van der Waals surface area contributed by atoms with E-state index in [1.807, 2.05) is 36.5 Å². The number of benzene rings is 2. The minimum Gasteiger partial charge on any atom is -0.350 e.